The van der Waals surface area contributed by atoms with E-state index in [0.29, 0.717) is 5.25 Å². The summed E-state index contributed by atoms with van der Waals surface area (Å²) < 4.78 is 3.85. The molecule has 1 unspecified atom stereocenters. The fourth-order valence-electron chi connectivity index (χ4n) is 0.914. The number of nitrogens with zero attached hydrogens (tertiary/aromatic N) is 2. The van der Waals surface area contributed by atoms with Gasteiger partial charge in [0.1, 0.15) is 0 Å². The molecule has 46 valence electrons. The number of fused-ring (bicyclic) bond motifs is 1. The molecule has 0 aromatic carbocycles. The zero-order valence-corrected chi connectivity index (χ0v) is 5.64. The first-order chi connectivity index (χ1) is 4.47. The van der Waals surface area contributed by atoms with Crippen molar-refractivity contribution in [3.05, 3.63) is 23.9 Å². The van der Waals surface area contributed by atoms with Gasteiger partial charge in [0.05, 0.1) is 10.9 Å². The molecule has 1 aliphatic heterocycles. The first-order valence-corrected chi connectivity index (χ1v) is 3.74. The van der Waals surface area contributed by atoms with Crippen molar-refractivity contribution < 1.29 is 0 Å². The van der Waals surface area contributed by atoms with Gasteiger partial charge in [0.25, 0.3) is 0 Å². The maximum absolute atomic E-state index is 3.96. The van der Waals surface area contributed by atoms with Crippen LogP contribution in [0.25, 0.3) is 0 Å². The Balaban J connectivity index is 2.29. The average Bonchev–Trinajstić information content (AvgIpc) is 2.33. The minimum Gasteiger partial charge on any atom is -0.147 e. The first-order valence-electron chi connectivity index (χ1n) is 2.90. The highest BCUT2D eigenvalue weighted by Crippen LogP contribution is 2.32. The molecule has 1 aliphatic carbocycles. The lowest BCUT2D eigenvalue weighted by Gasteiger charge is -2.03. The van der Waals surface area contributed by atoms with Crippen molar-refractivity contribution in [3.63, 3.8) is 0 Å². The largest absolute Gasteiger partial charge is 0.147 e. The van der Waals surface area contributed by atoms with Crippen LogP contribution in [-0.4, -0.2) is 5.25 Å². The van der Waals surface area contributed by atoms with E-state index in [0.717, 1.165) is 12.1 Å². The second-order valence-corrected chi connectivity index (χ2v) is 2.88. The Labute approximate surface area is 57.9 Å². The summed E-state index contributed by atoms with van der Waals surface area (Å²) in [4.78, 5) is 0. The monoisotopic (exact) mass is 138 g/mol. The Hall–Kier alpha value is -0.570. The van der Waals surface area contributed by atoms with Gasteiger partial charge in [-0.2, -0.15) is 0 Å². The van der Waals surface area contributed by atoms with E-state index in [1.165, 1.54) is 11.9 Å². The molecule has 0 aromatic rings. The molecule has 3 heteroatoms. The van der Waals surface area contributed by atoms with Crippen molar-refractivity contribution in [2.75, 3.05) is 0 Å². The molecule has 0 spiro atoms. The maximum Gasteiger partial charge on any atom is 0.0902 e. The molecule has 0 amide bonds. The Morgan fingerprint density at radius 3 is 3.56 bits per heavy atom. The van der Waals surface area contributed by atoms with Gasteiger partial charge in [-0.3, -0.25) is 0 Å². The summed E-state index contributed by atoms with van der Waals surface area (Å²) >= 11 is 1.53. The van der Waals surface area contributed by atoms with E-state index >= 15 is 0 Å². The number of rotatable bonds is 0. The maximum atomic E-state index is 3.96. The van der Waals surface area contributed by atoms with Crippen LogP contribution < -0.4 is 0 Å². The predicted octanol–water partition coefficient (Wildman–Crippen LogP) is 2.31. The van der Waals surface area contributed by atoms with Gasteiger partial charge in [-0.15, -0.1) is 9.63 Å². The van der Waals surface area contributed by atoms with Crippen LogP contribution in [-0.2, 0) is 0 Å². The minimum atomic E-state index is 0.429. The smallest absolute Gasteiger partial charge is 0.0902 e. The summed E-state index contributed by atoms with van der Waals surface area (Å²) in [6.07, 6.45) is 7.44. The molecule has 1 atom stereocenters. The van der Waals surface area contributed by atoms with E-state index in [-0.39, 0.29) is 0 Å². The fourth-order valence-corrected chi connectivity index (χ4v) is 1.59. The van der Waals surface area contributed by atoms with Crippen LogP contribution in [0.1, 0.15) is 6.42 Å². The van der Waals surface area contributed by atoms with Crippen molar-refractivity contribution in [1.29, 1.82) is 0 Å². The third kappa shape index (κ3) is 0.812. The fraction of sp³-hybridized carbons (Fsp3) is 0.333. The molecule has 0 radical (unpaired) electrons. The van der Waals surface area contributed by atoms with Gasteiger partial charge in [0.2, 0.25) is 0 Å². The van der Waals surface area contributed by atoms with Crippen LogP contribution in [0.5, 0.6) is 0 Å². The Bertz CT molecular complexity index is 205. The van der Waals surface area contributed by atoms with Gasteiger partial charge in [-0.05, 0) is 6.42 Å². The second-order valence-electron chi connectivity index (χ2n) is 2.00. The van der Waals surface area contributed by atoms with Crippen molar-refractivity contribution in [2.45, 2.75) is 11.7 Å². The van der Waals surface area contributed by atoms with Gasteiger partial charge < -0.3 is 0 Å². The Kier molecular flexibility index (Phi) is 1.16. The summed E-state index contributed by atoms with van der Waals surface area (Å²) in [5.41, 5.74) is 1.13. The van der Waals surface area contributed by atoms with Gasteiger partial charge in [0.15, 0.2) is 0 Å². The standard InChI is InChI=1S/C6H6N2S/c1-2-4-6-5(3-1)7-8-9-6/h2-4,6H,1H2. The normalized spacial score (nSPS) is 30.2. The topological polar surface area (TPSA) is 24.7 Å². The van der Waals surface area contributed by atoms with Crippen LogP contribution in [0.3, 0.4) is 0 Å². The summed E-state index contributed by atoms with van der Waals surface area (Å²) in [7, 11) is 0. The van der Waals surface area contributed by atoms with E-state index in [1.54, 1.807) is 0 Å². The summed E-state index contributed by atoms with van der Waals surface area (Å²) in [6.45, 7) is 0. The van der Waals surface area contributed by atoms with Crippen LogP contribution in [0, 0.1) is 0 Å². The molecule has 1 heterocycles. The van der Waals surface area contributed by atoms with Gasteiger partial charge in [-0.25, -0.2) is 0 Å². The van der Waals surface area contributed by atoms with Gasteiger partial charge in [0, 0.05) is 11.9 Å². The summed E-state index contributed by atoms with van der Waals surface area (Å²) in [6, 6.07) is 0. The summed E-state index contributed by atoms with van der Waals surface area (Å²) in [5.74, 6) is 0. The average molecular weight is 138 g/mol. The second kappa shape index (κ2) is 1.99. The highest BCUT2D eigenvalue weighted by Gasteiger charge is 2.18. The van der Waals surface area contributed by atoms with Gasteiger partial charge in [-0.1, -0.05) is 18.2 Å². The molecule has 2 rings (SSSR count). The quantitative estimate of drug-likeness (QED) is 0.372. The van der Waals surface area contributed by atoms with E-state index in [2.05, 4.69) is 27.9 Å². The number of hydrogen-bond donors (Lipinski definition) is 0. The number of allylic oxidation sites excluding steroid dienone is 2. The lowest BCUT2D eigenvalue weighted by Crippen LogP contribution is -1.98. The molecule has 0 fully saturated rings. The molecule has 9 heavy (non-hydrogen) atoms. The molecule has 2 nitrogen and oxygen atoms in total. The van der Waals surface area contributed by atoms with E-state index < -0.39 is 0 Å². The Morgan fingerprint density at radius 2 is 2.67 bits per heavy atom. The lowest BCUT2D eigenvalue weighted by atomic mass is 10.1. The lowest BCUT2D eigenvalue weighted by molar-refractivity contribution is 1.09. The zero-order valence-electron chi connectivity index (χ0n) is 4.82. The summed E-state index contributed by atoms with van der Waals surface area (Å²) in [5, 5.41) is 4.38. The van der Waals surface area contributed by atoms with E-state index in [4.69, 9.17) is 0 Å². The van der Waals surface area contributed by atoms with Crippen molar-refractivity contribution in [1.82, 2.24) is 0 Å². The zero-order chi connectivity index (χ0) is 6.10. The third-order valence-corrected chi connectivity index (χ3v) is 2.18. The molecule has 0 N–H and O–H groups in total. The molecule has 2 aliphatic rings. The molecule has 0 aromatic heterocycles. The predicted molar refractivity (Wildman–Crippen MR) is 38.1 cm³/mol. The van der Waals surface area contributed by atoms with Crippen molar-refractivity contribution in [2.24, 2.45) is 9.63 Å². The SMILES string of the molecule is C1=CC2SN=NC2=CC1. The first kappa shape index (κ1) is 5.23. The highest BCUT2D eigenvalue weighted by atomic mass is 32.2. The minimum absolute atomic E-state index is 0.429. The molecule has 0 bridgehead atoms. The van der Waals surface area contributed by atoms with Crippen LogP contribution in [0.15, 0.2) is 33.6 Å². The van der Waals surface area contributed by atoms with Crippen molar-refractivity contribution in [3.8, 4) is 0 Å². The van der Waals surface area contributed by atoms with Crippen LogP contribution in [0.2, 0.25) is 0 Å². The van der Waals surface area contributed by atoms with Crippen LogP contribution >= 0.6 is 11.9 Å². The third-order valence-electron chi connectivity index (χ3n) is 1.38. The molecular formula is C6H6N2S. The van der Waals surface area contributed by atoms with Crippen LogP contribution in [0.4, 0.5) is 0 Å². The highest BCUT2D eigenvalue weighted by molar-refractivity contribution is 7.99. The van der Waals surface area contributed by atoms with E-state index in [1.807, 2.05) is 0 Å². The molecule has 0 saturated heterocycles. The van der Waals surface area contributed by atoms with Gasteiger partial charge >= 0.3 is 0 Å². The molecular weight excluding hydrogens is 132 g/mol. The molecule has 0 saturated carbocycles. The Morgan fingerprint density at radius 1 is 1.67 bits per heavy atom. The van der Waals surface area contributed by atoms with E-state index in [9.17, 15) is 0 Å². The number of hydrogen-bond acceptors (Lipinski definition) is 3. The van der Waals surface area contributed by atoms with Crippen molar-refractivity contribution >= 4 is 11.9 Å².